The Hall–Kier alpha value is -5.31. The largest absolute Gasteiger partial charge is 0.479 e. The van der Waals surface area contributed by atoms with E-state index in [0.717, 1.165) is 12.2 Å². The number of ether oxygens (including phenoxy) is 13. The molecule has 0 radical (unpaired) electrons. The third-order valence-electron chi connectivity index (χ3n) is 20.7. The number of aliphatic hydroxyl groups is 20. The highest BCUT2D eigenvalue weighted by molar-refractivity contribution is 5.93. The van der Waals surface area contributed by atoms with E-state index in [-0.39, 0.29) is 70.1 Å². The van der Waals surface area contributed by atoms with Gasteiger partial charge in [0.2, 0.25) is 6.10 Å². The lowest BCUT2D eigenvalue weighted by atomic mass is 9.72. The van der Waals surface area contributed by atoms with Crippen LogP contribution in [0.5, 0.6) is 0 Å². The number of fused-ring (bicyclic) bond motifs is 1. The van der Waals surface area contributed by atoms with Gasteiger partial charge in [-0.05, 0) is 76.0 Å². The van der Waals surface area contributed by atoms with E-state index in [2.05, 4.69) is 4.74 Å². The Bertz CT molecular complexity index is 2980. The van der Waals surface area contributed by atoms with Crippen LogP contribution in [-0.4, -0.2) is 376 Å². The number of hydrogen-bond acceptors (Lipinski definition) is 37. The summed E-state index contributed by atoms with van der Waals surface area (Å²) in [4.78, 5) is 87.4. The summed E-state index contributed by atoms with van der Waals surface area (Å²) in [7, 11) is 0. The number of aliphatic carboxylic acids is 3. The zero-order valence-electron chi connectivity index (χ0n) is 56.1. The molecule has 596 valence electrons. The number of carboxylic acid groups (broad SMARTS) is 3. The number of rotatable bonds is 26. The molecule has 105 heavy (non-hydrogen) atoms. The molecular weight excluding hydrogens is 1420 g/mol. The van der Waals surface area contributed by atoms with Crippen LogP contribution in [0.2, 0.25) is 0 Å². The highest BCUT2D eigenvalue weighted by Gasteiger charge is 2.59. The van der Waals surface area contributed by atoms with Crippen molar-refractivity contribution in [2.75, 3.05) is 19.8 Å². The normalized spacial score (nSPS) is 44.6. The summed E-state index contributed by atoms with van der Waals surface area (Å²) in [6.45, 7) is -2.88. The second-order valence-electron chi connectivity index (χ2n) is 28.0. The van der Waals surface area contributed by atoms with E-state index >= 15 is 0 Å². The van der Waals surface area contributed by atoms with E-state index in [9.17, 15) is 136 Å². The smallest absolute Gasteiger partial charge is 0.348 e. The molecule has 9 rings (SSSR count). The molecule has 0 aromatic heterocycles. The SMILES string of the molecule is O=C(C=CC1CCC(O)C(O)C1)OCC1OC(OC2CC(O)C3CC(OC4OC(COC(=O)CC(=O)OC(C(=O)O)C(O)C(=O)O)C(O)C(O)C4OC4OC(CO)C(O)C(O)C4OC(=O)C=CC4CCC(O)C(O)C4)C(C4CCC(O)C(OC5OC(C(=O)O)C(O)C(O)C5O)C4)[OH+]C3C2)C(O)C(O)C1O. The van der Waals surface area contributed by atoms with Crippen LogP contribution in [-0.2, 0) is 90.4 Å². The third-order valence-corrected chi connectivity index (χ3v) is 20.7. The minimum Gasteiger partial charge on any atom is -0.479 e. The van der Waals surface area contributed by atoms with Crippen molar-refractivity contribution < 1.29 is 202 Å². The molecule has 37 unspecified atom stereocenters. The van der Waals surface area contributed by atoms with Crippen LogP contribution in [0.1, 0.15) is 83.5 Å². The van der Waals surface area contributed by atoms with Gasteiger partial charge in [0.1, 0.15) is 111 Å². The predicted octanol–water partition coefficient (Wildman–Crippen LogP) is -10.3. The van der Waals surface area contributed by atoms with Crippen molar-refractivity contribution in [2.45, 2.75) is 286 Å². The molecule has 41 nitrogen and oxygen atoms in total. The molecule has 0 spiro atoms. The van der Waals surface area contributed by atoms with Crippen LogP contribution in [0, 0.1) is 23.7 Å². The molecule has 0 aromatic rings. The maximum atomic E-state index is 13.6. The molecular formula is C64H95O41+. The first-order valence-electron chi connectivity index (χ1n) is 34.5. The Kier molecular flexibility index (Phi) is 29.4. The lowest BCUT2D eigenvalue weighted by Gasteiger charge is -2.50. The number of carbonyl (C=O) groups is 7. The molecule has 4 aliphatic carbocycles. The average molecular weight is 1520 g/mol. The van der Waals surface area contributed by atoms with Crippen LogP contribution in [0.15, 0.2) is 24.3 Å². The minimum absolute atomic E-state index is 0.000258. The molecule has 5 heterocycles. The molecule has 0 bridgehead atoms. The van der Waals surface area contributed by atoms with Gasteiger partial charge >= 0.3 is 41.8 Å². The van der Waals surface area contributed by atoms with E-state index < -0.39 is 288 Å². The molecule has 5 saturated heterocycles. The first-order valence-corrected chi connectivity index (χ1v) is 34.5. The van der Waals surface area contributed by atoms with Crippen LogP contribution >= 0.6 is 0 Å². The molecule has 0 amide bonds. The fraction of sp³-hybridized carbons (Fsp3) is 0.828. The molecule has 5 aliphatic heterocycles. The maximum Gasteiger partial charge on any atom is 0.348 e. The predicted molar refractivity (Wildman–Crippen MR) is 330 cm³/mol. The fourth-order valence-corrected chi connectivity index (χ4v) is 14.7. The molecule has 37 atom stereocenters. The van der Waals surface area contributed by atoms with Crippen LogP contribution in [0.25, 0.3) is 0 Å². The number of carboxylic acids is 3. The lowest BCUT2D eigenvalue weighted by Crippen LogP contribution is -2.66. The van der Waals surface area contributed by atoms with Crippen LogP contribution < -0.4 is 0 Å². The van der Waals surface area contributed by atoms with Crippen molar-refractivity contribution in [3.63, 3.8) is 0 Å². The van der Waals surface area contributed by atoms with Gasteiger partial charge in [0.15, 0.2) is 55.7 Å². The number of hydrogen-bond donors (Lipinski definition) is 21. The topological polar surface area (TPSA) is 668 Å². The zero-order valence-corrected chi connectivity index (χ0v) is 56.1. The molecule has 0 aromatic carbocycles. The summed E-state index contributed by atoms with van der Waals surface area (Å²) >= 11 is 0. The molecule has 9 fully saturated rings. The first-order chi connectivity index (χ1) is 49.6. The molecule has 41 heteroatoms. The quantitative estimate of drug-likeness (QED) is 0.0126. The second-order valence-corrected chi connectivity index (χ2v) is 28.0. The van der Waals surface area contributed by atoms with E-state index in [1.54, 1.807) is 0 Å². The fourth-order valence-electron chi connectivity index (χ4n) is 14.7. The monoisotopic (exact) mass is 1520 g/mol. The number of carbonyl (C=O) groups excluding carboxylic acids is 4. The number of aliphatic hydroxyl groups excluding tert-OH is 18. The highest BCUT2D eigenvalue weighted by Crippen LogP contribution is 2.45. The summed E-state index contributed by atoms with van der Waals surface area (Å²) in [5.41, 5.74) is 0. The van der Waals surface area contributed by atoms with Gasteiger partial charge in [-0.3, -0.25) is 9.59 Å². The third kappa shape index (κ3) is 20.6. The standard InChI is InChI=1S/C64H94O41/c65-18-35-42(76)47(81)56(102-39(73)10-4-22-2-7-27(67)31(71)12-22)64(99-35)105-57-48(82)44(78)37(20-94-40(74)17-41(75)103-55(60(91)92)52(86)58(87)88)101-63(57)98-34-16-25-29(69)14-24(95-61-50(84)45(79)43(77)36(100-61)19-93-38(72)9-3-21-1-6-26(66)30(70)11-21)15-32(25)96-53(34)23-5-8-28(68)33(13-23)97-62-51(85)46(80)49(83)54(104-62)59(89)90/h3-4,9-10,21-37,42-57,61-71,76-86H,1-2,5-8,11-20H2,(H,87,88)(H,89,90)(H,91,92)/p+1. The van der Waals surface area contributed by atoms with Crippen molar-refractivity contribution in [1.82, 2.24) is 0 Å². The Morgan fingerprint density at radius 1 is 0.457 bits per heavy atom. The number of esters is 4. The zero-order chi connectivity index (χ0) is 76.7. The van der Waals surface area contributed by atoms with E-state index in [4.69, 9.17) is 61.9 Å². The highest BCUT2D eigenvalue weighted by atomic mass is 16.8. The summed E-state index contributed by atoms with van der Waals surface area (Å²) in [6, 6.07) is 0. The Morgan fingerprint density at radius 3 is 1.59 bits per heavy atom. The van der Waals surface area contributed by atoms with Gasteiger partial charge in [-0.2, -0.15) is 0 Å². The summed E-state index contributed by atoms with van der Waals surface area (Å²) in [5.74, 6) is -14.1. The Balaban J connectivity index is 1.00. The lowest BCUT2D eigenvalue weighted by molar-refractivity contribution is -0.388. The summed E-state index contributed by atoms with van der Waals surface area (Å²) in [5, 5.41) is 224. The Morgan fingerprint density at radius 2 is 0.990 bits per heavy atom. The van der Waals surface area contributed by atoms with Crippen molar-refractivity contribution in [1.29, 1.82) is 0 Å². The summed E-state index contributed by atoms with van der Waals surface area (Å²) < 4.78 is 74.3. The van der Waals surface area contributed by atoms with Gasteiger partial charge in [-0.15, -0.1) is 0 Å². The molecule has 22 N–H and O–H groups in total. The van der Waals surface area contributed by atoms with Crippen molar-refractivity contribution in [3.05, 3.63) is 24.3 Å². The van der Waals surface area contributed by atoms with Gasteiger partial charge in [0.05, 0.1) is 61.4 Å². The van der Waals surface area contributed by atoms with Gasteiger partial charge in [-0.1, -0.05) is 12.2 Å². The van der Waals surface area contributed by atoms with E-state index in [1.165, 1.54) is 12.2 Å². The maximum absolute atomic E-state index is 13.6. The van der Waals surface area contributed by atoms with Gasteiger partial charge in [0, 0.05) is 30.9 Å². The van der Waals surface area contributed by atoms with Gasteiger partial charge in [-0.25, -0.2) is 24.0 Å². The minimum atomic E-state index is -2.80. The summed E-state index contributed by atoms with van der Waals surface area (Å²) in [6.07, 6.45) is -56.2. The van der Waals surface area contributed by atoms with E-state index in [1.807, 2.05) is 0 Å². The van der Waals surface area contributed by atoms with Crippen molar-refractivity contribution in [2.24, 2.45) is 23.7 Å². The Labute approximate surface area is 596 Å². The van der Waals surface area contributed by atoms with Gasteiger partial charge in [0.25, 0.3) is 0 Å². The number of allylic oxidation sites excluding steroid dienone is 2. The second kappa shape index (κ2) is 36.9. The average Bonchev–Trinajstić information content (AvgIpc) is 0.760. The van der Waals surface area contributed by atoms with Crippen LogP contribution in [0.4, 0.5) is 0 Å². The van der Waals surface area contributed by atoms with Crippen LogP contribution in [0.3, 0.4) is 0 Å². The first kappa shape index (κ1) is 83.7. The van der Waals surface area contributed by atoms with Crippen molar-refractivity contribution in [3.8, 4) is 0 Å². The van der Waals surface area contributed by atoms with Gasteiger partial charge < -0.3 is 169 Å². The van der Waals surface area contributed by atoms with Crippen molar-refractivity contribution >= 4 is 41.8 Å². The molecule has 9 aliphatic rings. The van der Waals surface area contributed by atoms with E-state index in [0.29, 0.717) is 12.8 Å². The molecule has 4 saturated carbocycles.